The molecular weight excluding hydrogens is 402 g/mol. The van der Waals surface area contributed by atoms with Gasteiger partial charge in [-0.2, -0.15) is 0 Å². The normalized spacial score (nSPS) is 22.4. The Kier molecular flexibility index (Phi) is 4.54. The van der Waals surface area contributed by atoms with Gasteiger partial charge >= 0.3 is 0 Å². The Morgan fingerprint density at radius 2 is 1.78 bits per heavy atom. The van der Waals surface area contributed by atoms with Crippen molar-refractivity contribution in [2.75, 3.05) is 0 Å². The molecule has 6 rings (SSSR count). The molecule has 0 radical (unpaired) electrons. The highest BCUT2D eigenvalue weighted by Crippen LogP contribution is 2.50. The summed E-state index contributed by atoms with van der Waals surface area (Å²) in [4.78, 5) is 2.61. The second-order valence-corrected chi connectivity index (χ2v) is 8.79. The molecule has 6 heteroatoms. The molecular formula is C26H25N3O3. The van der Waals surface area contributed by atoms with Crippen LogP contribution in [0.2, 0.25) is 0 Å². The SMILES string of the molecule is NC(=NO)c1cccc2c1Oc1ccccc1C2=C1CC2CCC(C1)N2Cc1ccco1. The van der Waals surface area contributed by atoms with Crippen molar-refractivity contribution in [1.82, 2.24) is 4.90 Å². The maximum absolute atomic E-state index is 9.29. The third kappa shape index (κ3) is 3.02. The van der Waals surface area contributed by atoms with Crippen molar-refractivity contribution in [3.05, 3.63) is 88.9 Å². The first-order chi connectivity index (χ1) is 15.7. The van der Waals surface area contributed by atoms with Gasteiger partial charge in [0.2, 0.25) is 0 Å². The largest absolute Gasteiger partial charge is 0.468 e. The van der Waals surface area contributed by atoms with E-state index in [1.54, 1.807) is 6.26 Å². The molecule has 162 valence electrons. The van der Waals surface area contributed by atoms with Gasteiger partial charge < -0.3 is 20.1 Å². The number of nitrogens with two attached hydrogens (primary N) is 1. The fourth-order valence-electron chi connectivity index (χ4n) is 5.65. The lowest BCUT2D eigenvalue weighted by Crippen LogP contribution is -2.40. The van der Waals surface area contributed by atoms with E-state index in [1.807, 2.05) is 30.3 Å². The lowest BCUT2D eigenvalue weighted by molar-refractivity contribution is 0.146. The van der Waals surface area contributed by atoms with E-state index in [9.17, 15) is 5.21 Å². The first kappa shape index (κ1) is 19.2. The predicted octanol–water partition coefficient (Wildman–Crippen LogP) is 5.11. The van der Waals surface area contributed by atoms with Crippen LogP contribution in [0.1, 0.15) is 48.1 Å². The van der Waals surface area contributed by atoms with Gasteiger partial charge in [0.15, 0.2) is 5.84 Å². The number of piperidine rings is 1. The molecule has 2 aromatic carbocycles. The third-order valence-electron chi connectivity index (χ3n) is 7.04. The van der Waals surface area contributed by atoms with E-state index in [2.05, 4.69) is 34.3 Å². The van der Waals surface area contributed by atoms with Crippen LogP contribution in [0.15, 0.2) is 76.0 Å². The maximum atomic E-state index is 9.29. The molecule has 3 N–H and O–H groups in total. The number of ether oxygens (including phenoxy) is 1. The third-order valence-corrected chi connectivity index (χ3v) is 7.04. The van der Waals surface area contributed by atoms with E-state index in [0.717, 1.165) is 42.0 Å². The number of oxime groups is 1. The summed E-state index contributed by atoms with van der Waals surface area (Å²) in [5.41, 5.74) is 11.4. The van der Waals surface area contributed by atoms with Crippen molar-refractivity contribution < 1.29 is 14.4 Å². The Hall–Kier alpha value is -3.51. The molecule has 4 heterocycles. The van der Waals surface area contributed by atoms with Gasteiger partial charge in [-0.1, -0.05) is 41.1 Å². The second-order valence-electron chi connectivity index (χ2n) is 8.79. The summed E-state index contributed by atoms with van der Waals surface area (Å²) in [5.74, 6) is 2.56. The number of hydrogen-bond donors (Lipinski definition) is 2. The minimum atomic E-state index is 0.0546. The molecule has 3 aliphatic heterocycles. The summed E-state index contributed by atoms with van der Waals surface area (Å²) in [6.45, 7) is 0.870. The average Bonchev–Trinajstić information content (AvgIpc) is 3.41. The summed E-state index contributed by atoms with van der Waals surface area (Å²) in [6, 6.07) is 19.1. The summed E-state index contributed by atoms with van der Waals surface area (Å²) >= 11 is 0. The zero-order valence-corrected chi connectivity index (χ0v) is 17.7. The van der Waals surface area contributed by atoms with Crippen LogP contribution in [0.25, 0.3) is 5.57 Å². The number of para-hydroxylation sites is 2. The molecule has 2 saturated heterocycles. The smallest absolute Gasteiger partial charge is 0.173 e. The van der Waals surface area contributed by atoms with Crippen LogP contribution < -0.4 is 10.5 Å². The van der Waals surface area contributed by atoms with E-state index in [-0.39, 0.29) is 5.84 Å². The fraction of sp³-hybridized carbons (Fsp3) is 0.269. The van der Waals surface area contributed by atoms with E-state index in [0.29, 0.717) is 23.4 Å². The topological polar surface area (TPSA) is 84.2 Å². The lowest BCUT2D eigenvalue weighted by Gasteiger charge is -2.37. The number of furan rings is 1. The van der Waals surface area contributed by atoms with Crippen molar-refractivity contribution in [1.29, 1.82) is 0 Å². The Labute approximate surface area is 186 Å². The fourth-order valence-corrected chi connectivity index (χ4v) is 5.65. The van der Waals surface area contributed by atoms with Crippen LogP contribution in [0.3, 0.4) is 0 Å². The molecule has 2 unspecified atom stereocenters. The standard InChI is InChI=1S/C26H25N3O3/c27-26(28-30)22-8-3-7-21-24(20-6-1-2-9-23(20)32-25(21)22)16-13-17-10-11-18(14-16)29(17)15-19-5-4-12-31-19/h1-9,12,17-18,30H,10-11,13-15H2,(H2,27,28). The highest BCUT2D eigenvalue weighted by Gasteiger charge is 2.40. The van der Waals surface area contributed by atoms with Crippen LogP contribution in [-0.4, -0.2) is 28.0 Å². The van der Waals surface area contributed by atoms with Crippen LogP contribution >= 0.6 is 0 Å². The van der Waals surface area contributed by atoms with Crippen molar-refractivity contribution in [2.45, 2.75) is 44.3 Å². The molecule has 0 amide bonds. The summed E-state index contributed by atoms with van der Waals surface area (Å²) < 4.78 is 11.9. The van der Waals surface area contributed by atoms with Crippen molar-refractivity contribution in [3.8, 4) is 11.5 Å². The minimum absolute atomic E-state index is 0.0546. The number of fused-ring (bicyclic) bond motifs is 4. The number of rotatable bonds is 3. The van der Waals surface area contributed by atoms with Crippen molar-refractivity contribution in [2.24, 2.45) is 10.9 Å². The van der Waals surface area contributed by atoms with Crippen LogP contribution in [0, 0.1) is 0 Å². The molecule has 3 aliphatic rings. The lowest BCUT2D eigenvalue weighted by atomic mass is 9.83. The van der Waals surface area contributed by atoms with Gasteiger partial charge in [0, 0.05) is 23.2 Å². The zero-order valence-electron chi connectivity index (χ0n) is 17.7. The highest BCUT2D eigenvalue weighted by molar-refractivity contribution is 6.03. The first-order valence-electron chi connectivity index (χ1n) is 11.1. The number of benzene rings is 2. The minimum Gasteiger partial charge on any atom is -0.468 e. The summed E-state index contributed by atoms with van der Waals surface area (Å²) in [6.07, 6.45) is 6.21. The first-order valence-corrected chi connectivity index (χ1v) is 11.1. The van der Waals surface area contributed by atoms with Gasteiger partial charge in [0.05, 0.1) is 18.4 Å². The van der Waals surface area contributed by atoms with E-state index in [4.69, 9.17) is 14.9 Å². The summed E-state index contributed by atoms with van der Waals surface area (Å²) in [7, 11) is 0. The molecule has 0 spiro atoms. The Bertz CT molecular complexity index is 1210. The molecule has 2 atom stereocenters. The van der Waals surface area contributed by atoms with Gasteiger partial charge in [-0.15, -0.1) is 0 Å². The molecule has 0 saturated carbocycles. The van der Waals surface area contributed by atoms with Gasteiger partial charge in [0.1, 0.15) is 17.3 Å². The molecule has 2 bridgehead atoms. The number of hydrogen-bond acceptors (Lipinski definition) is 5. The van der Waals surface area contributed by atoms with Crippen molar-refractivity contribution >= 4 is 11.4 Å². The van der Waals surface area contributed by atoms with E-state index in [1.165, 1.54) is 24.0 Å². The quantitative estimate of drug-likeness (QED) is 0.205. The summed E-state index contributed by atoms with van der Waals surface area (Å²) in [5, 5.41) is 12.5. The van der Waals surface area contributed by atoms with Crippen molar-refractivity contribution in [3.63, 3.8) is 0 Å². The van der Waals surface area contributed by atoms with Crippen LogP contribution in [0.4, 0.5) is 0 Å². The van der Waals surface area contributed by atoms with Gasteiger partial charge in [0.25, 0.3) is 0 Å². The highest BCUT2D eigenvalue weighted by atomic mass is 16.5. The van der Waals surface area contributed by atoms with Gasteiger partial charge in [-0.05, 0) is 55.5 Å². The van der Waals surface area contributed by atoms with E-state index >= 15 is 0 Å². The average molecular weight is 428 g/mol. The molecule has 1 aromatic heterocycles. The monoisotopic (exact) mass is 427 g/mol. The molecule has 0 aliphatic carbocycles. The van der Waals surface area contributed by atoms with Crippen LogP contribution in [-0.2, 0) is 6.54 Å². The predicted molar refractivity (Wildman–Crippen MR) is 122 cm³/mol. The second kappa shape index (κ2) is 7.57. The zero-order chi connectivity index (χ0) is 21.7. The van der Waals surface area contributed by atoms with Gasteiger partial charge in [-0.25, -0.2) is 0 Å². The number of nitrogens with zero attached hydrogens (tertiary/aromatic N) is 2. The van der Waals surface area contributed by atoms with Crippen LogP contribution in [0.5, 0.6) is 11.5 Å². The van der Waals surface area contributed by atoms with E-state index < -0.39 is 0 Å². The number of amidine groups is 1. The molecule has 2 fully saturated rings. The Balaban J connectivity index is 1.45. The Morgan fingerprint density at radius 1 is 1.00 bits per heavy atom. The molecule has 3 aromatic rings. The van der Waals surface area contributed by atoms with Gasteiger partial charge in [-0.3, -0.25) is 4.90 Å². The molecule has 32 heavy (non-hydrogen) atoms. The molecule has 6 nitrogen and oxygen atoms in total. The Morgan fingerprint density at radius 3 is 2.53 bits per heavy atom. The maximum Gasteiger partial charge on any atom is 0.173 e.